The van der Waals surface area contributed by atoms with Gasteiger partial charge in [0.25, 0.3) is 0 Å². The molecule has 5 rings (SSSR count). The summed E-state index contributed by atoms with van der Waals surface area (Å²) in [4.78, 5) is 17.3. The molecule has 0 unspecified atom stereocenters. The molecule has 192 valence electrons. The average molecular weight is 516 g/mol. The van der Waals surface area contributed by atoms with E-state index in [1.54, 1.807) is 25.6 Å². The Hall–Kier alpha value is -3.35. The van der Waals surface area contributed by atoms with Gasteiger partial charge in [-0.05, 0) is 105 Å². The van der Waals surface area contributed by atoms with Crippen LogP contribution in [0.15, 0.2) is 60.7 Å². The monoisotopic (exact) mass is 515 g/mol. The van der Waals surface area contributed by atoms with E-state index in [4.69, 9.17) is 14.2 Å². The Morgan fingerprint density at radius 1 is 0.892 bits per heavy atom. The molecule has 1 aromatic heterocycles. The number of rotatable bonds is 9. The Morgan fingerprint density at radius 2 is 1.59 bits per heavy atom. The molecule has 6 heteroatoms. The number of carbonyl (C=O) groups is 1. The van der Waals surface area contributed by atoms with Crippen LogP contribution in [0, 0.1) is 6.92 Å². The fraction of sp³-hybridized carbons (Fsp3) is 0.323. The van der Waals surface area contributed by atoms with Gasteiger partial charge in [-0.1, -0.05) is 6.42 Å². The summed E-state index contributed by atoms with van der Waals surface area (Å²) in [6.07, 6.45) is 3.89. The van der Waals surface area contributed by atoms with Gasteiger partial charge in [0.15, 0.2) is 5.78 Å². The number of aryl methyl sites for hydroxylation is 1. The molecular formula is C31H33NO4S. The third kappa shape index (κ3) is 5.50. The van der Waals surface area contributed by atoms with E-state index in [-0.39, 0.29) is 5.78 Å². The predicted molar refractivity (Wildman–Crippen MR) is 151 cm³/mol. The van der Waals surface area contributed by atoms with E-state index < -0.39 is 0 Å². The normalized spacial score (nSPS) is 14.0. The lowest BCUT2D eigenvalue weighted by molar-refractivity contribution is 0.104. The number of ether oxygens (including phenoxy) is 3. The summed E-state index contributed by atoms with van der Waals surface area (Å²) < 4.78 is 17.9. The summed E-state index contributed by atoms with van der Waals surface area (Å²) >= 11 is 1.61. The van der Waals surface area contributed by atoms with E-state index in [9.17, 15) is 4.79 Å². The van der Waals surface area contributed by atoms with Gasteiger partial charge in [-0.15, -0.1) is 11.3 Å². The smallest absolute Gasteiger partial charge is 0.195 e. The van der Waals surface area contributed by atoms with E-state index in [0.717, 1.165) is 68.5 Å². The van der Waals surface area contributed by atoms with Crippen LogP contribution in [-0.2, 0) is 0 Å². The number of methoxy groups -OCH3 is 2. The van der Waals surface area contributed by atoms with Crippen LogP contribution in [0.5, 0.6) is 17.2 Å². The lowest BCUT2D eigenvalue weighted by atomic mass is 9.96. The third-order valence-electron chi connectivity index (χ3n) is 7.03. The zero-order chi connectivity index (χ0) is 25.8. The van der Waals surface area contributed by atoms with Crippen molar-refractivity contribution in [3.05, 3.63) is 77.4 Å². The van der Waals surface area contributed by atoms with Crippen LogP contribution >= 0.6 is 11.3 Å². The van der Waals surface area contributed by atoms with Gasteiger partial charge in [0.05, 0.1) is 14.2 Å². The van der Waals surface area contributed by atoms with Gasteiger partial charge in [-0.3, -0.25) is 9.69 Å². The maximum atomic E-state index is 13.9. The minimum absolute atomic E-state index is 0.00139. The number of ketones is 1. The highest BCUT2D eigenvalue weighted by Crippen LogP contribution is 2.42. The van der Waals surface area contributed by atoms with E-state index in [2.05, 4.69) is 11.0 Å². The molecule has 0 atom stereocenters. The van der Waals surface area contributed by atoms with Crippen LogP contribution in [0.4, 0.5) is 0 Å². The zero-order valence-corrected chi connectivity index (χ0v) is 22.5. The maximum Gasteiger partial charge on any atom is 0.195 e. The fourth-order valence-corrected chi connectivity index (χ4v) is 6.16. The number of nitrogens with zero attached hydrogens (tertiary/aromatic N) is 1. The van der Waals surface area contributed by atoms with Crippen molar-refractivity contribution in [1.82, 2.24) is 4.90 Å². The summed E-state index contributed by atoms with van der Waals surface area (Å²) in [5.41, 5.74) is 3.35. The molecule has 0 radical (unpaired) electrons. The number of thiophene rings is 1. The van der Waals surface area contributed by atoms with Gasteiger partial charge < -0.3 is 14.2 Å². The van der Waals surface area contributed by atoms with Crippen molar-refractivity contribution in [2.24, 2.45) is 0 Å². The number of hydrogen-bond donors (Lipinski definition) is 0. The van der Waals surface area contributed by atoms with Crippen molar-refractivity contribution in [1.29, 1.82) is 0 Å². The van der Waals surface area contributed by atoms with Crippen molar-refractivity contribution in [3.63, 3.8) is 0 Å². The molecule has 0 bridgehead atoms. The molecule has 0 saturated carbocycles. The molecule has 1 aliphatic heterocycles. The number of carbonyl (C=O) groups excluding carboxylic acids is 1. The summed E-state index contributed by atoms with van der Waals surface area (Å²) in [7, 11) is 3.33. The second-order valence-electron chi connectivity index (χ2n) is 9.46. The Morgan fingerprint density at radius 3 is 2.27 bits per heavy atom. The van der Waals surface area contributed by atoms with E-state index in [1.165, 1.54) is 19.3 Å². The summed E-state index contributed by atoms with van der Waals surface area (Å²) in [5.74, 6) is 2.40. The van der Waals surface area contributed by atoms with Gasteiger partial charge in [-0.25, -0.2) is 0 Å². The van der Waals surface area contributed by atoms with Crippen molar-refractivity contribution in [2.45, 2.75) is 26.2 Å². The van der Waals surface area contributed by atoms with Crippen LogP contribution in [0.1, 0.15) is 40.7 Å². The van der Waals surface area contributed by atoms with E-state index >= 15 is 0 Å². The highest BCUT2D eigenvalue weighted by atomic mass is 32.1. The van der Waals surface area contributed by atoms with Crippen LogP contribution in [-0.4, -0.2) is 51.1 Å². The molecule has 3 aromatic carbocycles. The maximum absolute atomic E-state index is 13.9. The summed E-state index contributed by atoms with van der Waals surface area (Å²) in [5, 5.41) is 0.945. The molecule has 5 nitrogen and oxygen atoms in total. The first-order valence-corrected chi connectivity index (χ1v) is 13.6. The first-order chi connectivity index (χ1) is 18.1. The molecule has 1 fully saturated rings. The number of piperidine rings is 1. The van der Waals surface area contributed by atoms with Gasteiger partial charge >= 0.3 is 0 Å². The molecule has 1 saturated heterocycles. The number of benzene rings is 3. The van der Waals surface area contributed by atoms with Crippen LogP contribution < -0.4 is 14.2 Å². The standard InChI is InChI=1S/C31H33NO4S/c1-21-19-26-28(20-27(21)35-3)37-31(23-9-11-24(34-2)12-10-23)29(26)30(33)22-7-13-25(14-8-22)36-18-17-32-15-5-4-6-16-32/h7-14,19-20H,4-6,15-18H2,1-3H3. The number of hydrogen-bond acceptors (Lipinski definition) is 6. The Bertz CT molecular complexity index is 1370. The largest absolute Gasteiger partial charge is 0.497 e. The molecule has 37 heavy (non-hydrogen) atoms. The molecule has 0 spiro atoms. The van der Waals surface area contributed by atoms with Gasteiger partial charge in [0, 0.05) is 32.6 Å². The van der Waals surface area contributed by atoms with Crippen molar-refractivity contribution < 1.29 is 19.0 Å². The quantitative estimate of drug-likeness (QED) is 0.225. The van der Waals surface area contributed by atoms with Crippen molar-refractivity contribution in [2.75, 3.05) is 40.5 Å². The number of fused-ring (bicyclic) bond motifs is 1. The predicted octanol–water partition coefficient (Wildman–Crippen LogP) is 6.99. The molecule has 2 heterocycles. The van der Waals surface area contributed by atoms with Crippen LogP contribution in [0.25, 0.3) is 20.5 Å². The third-order valence-corrected chi connectivity index (χ3v) is 8.23. The topological polar surface area (TPSA) is 48.0 Å². The molecular weight excluding hydrogens is 482 g/mol. The number of likely N-dealkylation sites (tertiary alicyclic amines) is 1. The van der Waals surface area contributed by atoms with Crippen LogP contribution in [0.3, 0.4) is 0 Å². The van der Waals surface area contributed by atoms with Gasteiger partial charge in [0.2, 0.25) is 0 Å². The lowest BCUT2D eigenvalue weighted by Gasteiger charge is -2.26. The van der Waals surface area contributed by atoms with Crippen molar-refractivity contribution >= 4 is 27.2 Å². The Labute approximate surface area is 222 Å². The fourth-order valence-electron chi connectivity index (χ4n) is 4.95. The minimum atomic E-state index is 0.00139. The first kappa shape index (κ1) is 25.3. The molecule has 0 amide bonds. The lowest BCUT2D eigenvalue weighted by Crippen LogP contribution is -2.33. The average Bonchev–Trinajstić information content (AvgIpc) is 3.31. The molecule has 0 aliphatic carbocycles. The Balaban J connectivity index is 1.43. The van der Waals surface area contributed by atoms with E-state index in [0.29, 0.717) is 12.2 Å². The summed E-state index contributed by atoms with van der Waals surface area (Å²) in [6, 6.07) is 19.5. The highest BCUT2D eigenvalue weighted by molar-refractivity contribution is 7.22. The van der Waals surface area contributed by atoms with Crippen LogP contribution in [0.2, 0.25) is 0 Å². The second kappa shape index (κ2) is 11.4. The van der Waals surface area contributed by atoms with Gasteiger partial charge in [-0.2, -0.15) is 0 Å². The summed E-state index contributed by atoms with van der Waals surface area (Å²) in [6.45, 7) is 5.93. The second-order valence-corrected chi connectivity index (χ2v) is 10.5. The SMILES string of the molecule is COc1ccc(-c2sc3cc(OC)c(C)cc3c2C(=O)c2ccc(OCCN3CCCCC3)cc2)cc1. The Kier molecular flexibility index (Phi) is 7.77. The molecule has 0 N–H and O–H groups in total. The minimum Gasteiger partial charge on any atom is -0.497 e. The zero-order valence-electron chi connectivity index (χ0n) is 21.7. The highest BCUT2D eigenvalue weighted by Gasteiger charge is 2.23. The van der Waals surface area contributed by atoms with E-state index in [1.807, 2.05) is 61.5 Å². The molecule has 1 aliphatic rings. The van der Waals surface area contributed by atoms with Crippen molar-refractivity contribution in [3.8, 4) is 27.7 Å². The van der Waals surface area contributed by atoms with Gasteiger partial charge in [0.1, 0.15) is 23.9 Å². The first-order valence-electron chi connectivity index (χ1n) is 12.8. The molecule has 4 aromatic rings.